The van der Waals surface area contributed by atoms with E-state index in [1.54, 1.807) is 0 Å². The fourth-order valence-electron chi connectivity index (χ4n) is 3.75. The van der Waals surface area contributed by atoms with E-state index in [1.165, 1.54) is 44.9 Å². The van der Waals surface area contributed by atoms with E-state index in [-0.39, 0.29) is 6.10 Å². The maximum Gasteiger partial charge on any atom is 0.0693 e. The van der Waals surface area contributed by atoms with Crippen molar-refractivity contribution in [3.63, 3.8) is 0 Å². The molecular weight excluding hydrogens is 246 g/mol. The summed E-state index contributed by atoms with van der Waals surface area (Å²) in [6.07, 6.45) is 18.7. The monoisotopic (exact) mass is 277 g/mol. The molecule has 1 N–H and O–H groups in total. The van der Waals surface area contributed by atoms with E-state index in [9.17, 15) is 5.11 Å². The van der Waals surface area contributed by atoms with Gasteiger partial charge in [0.2, 0.25) is 0 Å². The number of piperidine rings is 2. The molecule has 2 heterocycles. The standard InChI is InChI=1S/C18H31NO/c1-3-4-5-6-7-8-10-16-11-9-12-17-13-14-18(20)15(2)19(16)17/h6-8,10,15-18,20H,3-5,9,11-14H2,1-2H3. The Morgan fingerprint density at radius 2 is 2.00 bits per heavy atom. The highest BCUT2D eigenvalue weighted by atomic mass is 16.3. The Labute approximate surface area is 124 Å². The zero-order valence-electron chi connectivity index (χ0n) is 13.2. The average molecular weight is 277 g/mol. The molecule has 2 fully saturated rings. The molecule has 0 bridgehead atoms. The molecule has 0 aromatic heterocycles. The number of rotatable bonds is 5. The van der Waals surface area contributed by atoms with Gasteiger partial charge in [-0.25, -0.2) is 0 Å². The molecule has 2 heteroatoms. The summed E-state index contributed by atoms with van der Waals surface area (Å²) in [5.74, 6) is 0. The number of unbranched alkanes of at least 4 members (excludes halogenated alkanes) is 2. The lowest BCUT2D eigenvalue weighted by Gasteiger charge is -2.49. The van der Waals surface area contributed by atoms with Gasteiger partial charge in [-0.2, -0.15) is 0 Å². The van der Waals surface area contributed by atoms with Gasteiger partial charge in [-0.3, -0.25) is 4.90 Å². The second-order valence-corrected chi connectivity index (χ2v) is 6.44. The summed E-state index contributed by atoms with van der Waals surface area (Å²) >= 11 is 0. The molecule has 2 nitrogen and oxygen atoms in total. The number of aliphatic hydroxyl groups excluding tert-OH is 1. The molecular formula is C18H31NO. The first-order valence-electron chi connectivity index (χ1n) is 8.53. The summed E-state index contributed by atoms with van der Waals surface area (Å²) in [4.78, 5) is 2.58. The normalized spacial score (nSPS) is 35.8. The third-order valence-electron chi connectivity index (χ3n) is 4.97. The molecule has 0 spiro atoms. The molecule has 0 radical (unpaired) electrons. The summed E-state index contributed by atoms with van der Waals surface area (Å²) in [5.41, 5.74) is 0. The van der Waals surface area contributed by atoms with Gasteiger partial charge in [0.25, 0.3) is 0 Å². The van der Waals surface area contributed by atoms with Crippen LogP contribution in [0.25, 0.3) is 0 Å². The summed E-state index contributed by atoms with van der Waals surface area (Å²) < 4.78 is 0. The highest BCUT2D eigenvalue weighted by Crippen LogP contribution is 2.34. The first-order chi connectivity index (χ1) is 9.74. The highest BCUT2D eigenvalue weighted by Gasteiger charge is 2.38. The zero-order chi connectivity index (χ0) is 14.4. The third kappa shape index (κ3) is 3.95. The van der Waals surface area contributed by atoms with Crippen LogP contribution in [0, 0.1) is 0 Å². The molecule has 0 aromatic carbocycles. The Kier molecular flexibility index (Phi) is 6.31. The number of fused-ring (bicyclic) bond motifs is 1. The Morgan fingerprint density at radius 3 is 2.80 bits per heavy atom. The summed E-state index contributed by atoms with van der Waals surface area (Å²) in [6, 6.07) is 1.53. The minimum Gasteiger partial charge on any atom is -0.392 e. The van der Waals surface area contributed by atoms with Gasteiger partial charge in [-0.15, -0.1) is 0 Å². The molecule has 20 heavy (non-hydrogen) atoms. The number of allylic oxidation sites excluding steroid dienone is 3. The van der Waals surface area contributed by atoms with Crippen LogP contribution in [0.4, 0.5) is 0 Å². The lowest BCUT2D eigenvalue weighted by molar-refractivity contribution is -0.0460. The molecule has 4 unspecified atom stereocenters. The lowest BCUT2D eigenvalue weighted by Crippen LogP contribution is -2.57. The number of aliphatic hydroxyl groups is 1. The van der Waals surface area contributed by atoms with E-state index >= 15 is 0 Å². The fourth-order valence-corrected chi connectivity index (χ4v) is 3.75. The Hall–Kier alpha value is -0.600. The minimum absolute atomic E-state index is 0.139. The number of nitrogens with zero attached hydrogens (tertiary/aromatic N) is 1. The molecule has 0 aromatic rings. The molecule has 0 aliphatic carbocycles. The van der Waals surface area contributed by atoms with E-state index in [2.05, 4.69) is 43.1 Å². The van der Waals surface area contributed by atoms with Gasteiger partial charge in [-0.1, -0.05) is 50.5 Å². The van der Waals surface area contributed by atoms with Gasteiger partial charge in [0.1, 0.15) is 0 Å². The van der Waals surface area contributed by atoms with Crippen molar-refractivity contribution < 1.29 is 5.11 Å². The van der Waals surface area contributed by atoms with Crippen molar-refractivity contribution in [2.45, 2.75) is 89.4 Å². The number of hydrogen-bond donors (Lipinski definition) is 1. The van der Waals surface area contributed by atoms with E-state index < -0.39 is 0 Å². The van der Waals surface area contributed by atoms with Crippen molar-refractivity contribution in [3.8, 4) is 0 Å². The second-order valence-electron chi connectivity index (χ2n) is 6.44. The predicted octanol–water partition coefficient (Wildman–Crippen LogP) is 4.06. The van der Waals surface area contributed by atoms with Crippen LogP contribution in [0.5, 0.6) is 0 Å². The zero-order valence-corrected chi connectivity index (χ0v) is 13.2. The minimum atomic E-state index is -0.139. The van der Waals surface area contributed by atoms with Gasteiger partial charge in [0.15, 0.2) is 0 Å². The van der Waals surface area contributed by atoms with Crippen molar-refractivity contribution >= 4 is 0 Å². The fraction of sp³-hybridized carbons (Fsp3) is 0.778. The number of hydrogen-bond acceptors (Lipinski definition) is 2. The van der Waals surface area contributed by atoms with Crippen LogP contribution in [-0.2, 0) is 0 Å². The van der Waals surface area contributed by atoms with Crippen LogP contribution in [0.2, 0.25) is 0 Å². The van der Waals surface area contributed by atoms with Crippen LogP contribution in [0.1, 0.15) is 65.2 Å². The Bertz CT molecular complexity index is 334. The predicted molar refractivity (Wildman–Crippen MR) is 85.8 cm³/mol. The van der Waals surface area contributed by atoms with Gasteiger partial charge < -0.3 is 5.11 Å². The van der Waals surface area contributed by atoms with Gasteiger partial charge in [-0.05, 0) is 39.0 Å². The van der Waals surface area contributed by atoms with Crippen molar-refractivity contribution in [3.05, 3.63) is 24.3 Å². The Morgan fingerprint density at radius 1 is 1.15 bits per heavy atom. The summed E-state index contributed by atoms with van der Waals surface area (Å²) in [6.45, 7) is 4.43. The smallest absolute Gasteiger partial charge is 0.0693 e. The van der Waals surface area contributed by atoms with E-state index in [4.69, 9.17) is 0 Å². The molecule has 0 amide bonds. The average Bonchev–Trinajstić information content (AvgIpc) is 2.46. The van der Waals surface area contributed by atoms with Crippen LogP contribution >= 0.6 is 0 Å². The maximum absolute atomic E-state index is 10.1. The lowest BCUT2D eigenvalue weighted by atomic mass is 9.84. The van der Waals surface area contributed by atoms with E-state index in [1.807, 2.05) is 0 Å². The van der Waals surface area contributed by atoms with Crippen LogP contribution < -0.4 is 0 Å². The molecule has 2 aliphatic heterocycles. The maximum atomic E-state index is 10.1. The molecule has 0 saturated carbocycles. The quantitative estimate of drug-likeness (QED) is 0.605. The molecule has 2 aliphatic rings. The van der Waals surface area contributed by atoms with Gasteiger partial charge >= 0.3 is 0 Å². The molecule has 2 rings (SSSR count). The van der Waals surface area contributed by atoms with Crippen molar-refractivity contribution in [2.75, 3.05) is 0 Å². The van der Waals surface area contributed by atoms with Gasteiger partial charge in [0, 0.05) is 18.1 Å². The largest absolute Gasteiger partial charge is 0.392 e. The first-order valence-corrected chi connectivity index (χ1v) is 8.53. The van der Waals surface area contributed by atoms with Crippen molar-refractivity contribution in [1.82, 2.24) is 4.90 Å². The molecule has 4 atom stereocenters. The van der Waals surface area contributed by atoms with Crippen molar-refractivity contribution in [1.29, 1.82) is 0 Å². The molecule has 2 saturated heterocycles. The third-order valence-corrected chi connectivity index (χ3v) is 4.97. The van der Waals surface area contributed by atoms with Crippen LogP contribution in [0.15, 0.2) is 24.3 Å². The van der Waals surface area contributed by atoms with Crippen LogP contribution in [-0.4, -0.2) is 34.2 Å². The Balaban J connectivity index is 1.92. The van der Waals surface area contributed by atoms with Crippen molar-refractivity contribution in [2.24, 2.45) is 0 Å². The van der Waals surface area contributed by atoms with E-state index in [0.29, 0.717) is 18.1 Å². The summed E-state index contributed by atoms with van der Waals surface area (Å²) in [7, 11) is 0. The molecule has 114 valence electrons. The topological polar surface area (TPSA) is 23.5 Å². The second kappa shape index (κ2) is 7.99. The van der Waals surface area contributed by atoms with Gasteiger partial charge in [0.05, 0.1) is 6.10 Å². The van der Waals surface area contributed by atoms with E-state index in [0.717, 1.165) is 6.42 Å². The first kappa shape index (κ1) is 15.8. The summed E-state index contributed by atoms with van der Waals surface area (Å²) in [5, 5.41) is 10.1. The highest BCUT2D eigenvalue weighted by molar-refractivity contribution is 5.09. The van der Waals surface area contributed by atoms with Crippen LogP contribution in [0.3, 0.4) is 0 Å². The SMILES string of the molecule is CCCCC=CC=CC1CCCC2CCC(O)C(C)N12.